The predicted octanol–water partition coefficient (Wildman–Crippen LogP) is 17.7. The first-order valence-electron chi connectivity index (χ1n) is 23.6. The van der Waals surface area contributed by atoms with E-state index >= 15 is 0 Å². The molecule has 66 heavy (non-hydrogen) atoms. The van der Waals surface area contributed by atoms with E-state index in [2.05, 4.69) is 247 Å². The van der Waals surface area contributed by atoms with Crippen molar-refractivity contribution >= 4 is 38.6 Å². The molecule has 10 aromatic rings. The van der Waals surface area contributed by atoms with Gasteiger partial charge in [0, 0.05) is 33.3 Å². The zero-order valence-electron chi connectivity index (χ0n) is 38.5. The van der Waals surface area contributed by atoms with E-state index in [0.717, 1.165) is 17.1 Å². The molecule has 0 spiro atoms. The van der Waals surface area contributed by atoms with Gasteiger partial charge in [0.05, 0.1) is 0 Å². The summed E-state index contributed by atoms with van der Waals surface area (Å²) in [5.41, 5.74) is 24.6. The number of benzene rings is 10. The molecule has 0 fully saturated rings. The fraction of sp³-hybridized carbons (Fsp3) is 0.138. The first-order chi connectivity index (χ1) is 32.0. The van der Waals surface area contributed by atoms with Crippen LogP contribution < -0.4 is 4.90 Å². The minimum Gasteiger partial charge on any atom is -0.310 e. The summed E-state index contributed by atoms with van der Waals surface area (Å²) in [6.07, 6.45) is 0. The first kappa shape index (κ1) is 38.9. The van der Waals surface area contributed by atoms with Crippen LogP contribution in [-0.2, 0) is 16.2 Å². The zero-order chi connectivity index (χ0) is 44.7. The number of hydrogen-bond donors (Lipinski definition) is 0. The summed E-state index contributed by atoms with van der Waals surface area (Å²) in [7, 11) is 0. The normalized spacial score (nSPS) is 15.2. The lowest BCUT2D eigenvalue weighted by molar-refractivity contribution is 0.660. The van der Waals surface area contributed by atoms with Gasteiger partial charge in [-0.05, 0) is 153 Å². The van der Waals surface area contributed by atoms with Gasteiger partial charge in [-0.2, -0.15) is 0 Å². The van der Waals surface area contributed by atoms with Crippen molar-refractivity contribution in [1.29, 1.82) is 0 Å². The highest BCUT2D eigenvalue weighted by molar-refractivity contribution is 6.21. The van der Waals surface area contributed by atoms with E-state index in [1.165, 1.54) is 111 Å². The Bertz CT molecular complexity index is 3510. The Labute approximate surface area is 388 Å². The third-order valence-corrected chi connectivity index (χ3v) is 15.9. The second kappa shape index (κ2) is 13.8. The number of nitrogens with zero attached hydrogens (tertiary/aromatic N) is 1. The zero-order valence-corrected chi connectivity index (χ0v) is 38.5. The van der Waals surface area contributed by atoms with Crippen molar-refractivity contribution in [2.75, 3.05) is 4.90 Å². The van der Waals surface area contributed by atoms with Crippen LogP contribution in [0.3, 0.4) is 0 Å². The summed E-state index contributed by atoms with van der Waals surface area (Å²) in [4.78, 5) is 2.48. The molecule has 0 bridgehead atoms. The predicted molar refractivity (Wildman–Crippen MR) is 280 cm³/mol. The second-order valence-electron chi connectivity index (χ2n) is 20.5. The Balaban J connectivity index is 0.973. The molecule has 0 atom stereocenters. The minimum atomic E-state index is -0.117. The van der Waals surface area contributed by atoms with Crippen LogP contribution in [0.5, 0.6) is 0 Å². The Morgan fingerprint density at radius 1 is 0.258 bits per heavy atom. The van der Waals surface area contributed by atoms with E-state index in [0.29, 0.717) is 0 Å². The molecule has 10 aromatic carbocycles. The third kappa shape index (κ3) is 5.35. The van der Waals surface area contributed by atoms with Crippen LogP contribution in [0.4, 0.5) is 17.1 Å². The highest BCUT2D eigenvalue weighted by Crippen LogP contribution is 2.55. The minimum absolute atomic E-state index is 0.0355. The maximum atomic E-state index is 2.48. The smallest absolute Gasteiger partial charge is 0.0465 e. The lowest BCUT2D eigenvalue weighted by Crippen LogP contribution is -2.18. The fourth-order valence-electron chi connectivity index (χ4n) is 12.5. The van der Waals surface area contributed by atoms with Crippen LogP contribution in [0.25, 0.3) is 77.2 Å². The summed E-state index contributed by atoms with van der Waals surface area (Å²) in [5.74, 6) is 0. The molecule has 0 radical (unpaired) electrons. The molecule has 0 amide bonds. The largest absolute Gasteiger partial charge is 0.310 e. The third-order valence-electron chi connectivity index (χ3n) is 15.9. The van der Waals surface area contributed by atoms with E-state index < -0.39 is 0 Å². The molecule has 316 valence electrons. The Kier molecular flexibility index (Phi) is 8.12. The molecule has 0 aliphatic heterocycles. The maximum Gasteiger partial charge on any atom is 0.0465 e. The monoisotopic (exact) mass is 845 g/mol. The fourth-order valence-corrected chi connectivity index (χ4v) is 12.5. The topological polar surface area (TPSA) is 3.24 Å². The van der Waals surface area contributed by atoms with Crippen LogP contribution in [0.15, 0.2) is 200 Å². The molecule has 1 nitrogen and oxygen atoms in total. The Hall–Kier alpha value is -7.48. The van der Waals surface area contributed by atoms with Gasteiger partial charge >= 0.3 is 0 Å². The van der Waals surface area contributed by atoms with E-state index in [4.69, 9.17) is 0 Å². The van der Waals surface area contributed by atoms with Gasteiger partial charge in [0.25, 0.3) is 0 Å². The summed E-state index contributed by atoms with van der Waals surface area (Å²) in [5, 5.41) is 5.06. The molecule has 0 N–H and O–H groups in total. The molecule has 0 saturated heterocycles. The molecular formula is C65H51N. The van der Waals surface area contributed by atoms with Crippen molar-refractivity contribution in [1.82, 2.24) is 0 Å². The van der Waals surface area contributed by atoms with Gasteiger partial charge in [0.2, 0.25) is 0 Å². The lowest BCUT2D eigenvalue weighted by Gasteiger charge is -2.30. The number of rotatable bonds is 5. The van der Waals surface area contributed by atoms with Crippen molar-refractivity contribution in [3.63, 3.8) is 0 Å². The Morgan fingerprint density at radius 3 is 1.06 bits per heavy atom. The first-order valence-corrected chi connectivity index (χ1v) is 23.6. The molecular weight excluding hydrogens is 795 g/mol. The standard InChI is InChI=1S/C65H51N/c1-63(2)57-26-16-13-19-47(57)54-37-41(29-36-58(54)63)62-52-22-9-7-20-50(52)61(51-21-8-10-23-53(51)62)40-27-30-42(31-28-40)66(43-32-34-48-45-17-11-14-24-55(45)64(3,4)59(48)38-43)44-33-35-49-46-18-12-15-25-56(46)65(5,6)60(49)39-44/h7-39H,1-6H3. The molecule has 0 saturated carbocycles. The van der Waals surface area contributed by atoms with Gasteiger partial charge in [-0.3, -0.25) is 0 Å². The van der Waals surface area contributed by atoms with E-state index in [-0.39, 0.29) is 16.2 Å². The molecule has 0 aromatic heterocycles. The molecule has 13 rings (SSSR count). The summed E-state index contributed by atoms with van der Waals surface area (Å²) in [6, 6.07) is 75.8. The van der Waals surface area contributed by atoms with E-state index in [1.54, 1.807) is 0 Å². The molecule has 0 heterocycles. The van der Waals surface area contributed by atoms with Gasteiger partial charge in [-0.1, -0.05) is 199 Å². The number of anilines is 3. The number of hydrogen-bond acceptors (Lipinski definition) is 1. The lowest BCUT2D eigenvalue weighted by atomic mass is 9.81. The SMILES string of the molecule is CC1(C)c2ccccc2-c2cc(-c3c4ccccc4c(-c4ccc(N(c5ccc6c(c5)C(C)(C)c5ccccc5-6)c5ccc6c(c5)C(C)(C)c5ccccc5-6)cc4)c4ccccc34)ccc21. The van der Waals surface area contributed by atoms with Crippen molar-refractivity contribution in [3.8, 4) is 55.6 Å². The van der Waals surface area contributed by atoms with Gasteiger partial charge in [0.15, 0.2) is 0 Å². The van der Waals surface area contributed by atoms with Crippen LogP contribution in [0.2, 0.25) is 0 Å². The van der Waals surface area contributed by atoms with Crippen LogP contribution in [0.1, 0.15) is 74.9 Å². The van der Waals surface area contributed by atoms with Crippen LogP contribution >= 0.6 is 0 Å². The van der Waals surface area contributed by atoms with Crippen molar-refractivity contribution < 1.29 is 0 Å². The van der Waals surface area contributed by atoms with Crippen LogP contribution in [0, 0.1) is 0 Å². The van der Waals surface area contributed by atoms with Gasteiger partial charge in [0.1, 0.15) is 0 Å². The quantitative estimate of drug-likeness (QED) is 0.156. The molecule has 3 aliphatic carbocycles. The van der Waals surface area contributed by atoms with Crippen LogP contribution in [-0.4, -0.2) is 0 Å². The highest BCUT2D eigenvalue weighted by atomic mass is 15.1. The highest BCUT2D eigenvalue weighted by Gasteiger charge is 2.38. The summed E-state index contributed by atoms with van der Waals surface area (Å²) >= 11 is 0. The maximum absolute atomic E-state index is 2.48. The average molecular weight is 846 g/mol. The van der Waals surface area contributed by atoms with Gasteiger partial charge in [-0.15, -0.1) is 0 Å². The molecule has 1 heteroatoms. The van der Waals surface area contributed by atoms with Crippen molar-refractivity contribution in [2.24, 2.45) is 0 Å². The Morgan fingerprint density at radius 2 is 0.591 bits per heavy atom. The summed E-state index contributed by atoms with van der Waals surface area (Å²) < 4.78 is 0. The number of fused-ring (bicyclic) bond motifs is 11. The van der Waals surface area contributed by atoms with Gasteiger partial charge in [-0.25, -0.2) is 0 Å². The van der Waals surface area contributed by atoms with E-state index in [1.807, 2.05) is 0 Å². The second-order valence-corrected chi connectivity index (χ2v) is 20.5. The van der Waals surface area contributed by atoms with Crippen molar-refractivity contribution in [3.05, 3.63) is 234 Å². The summed E-state index contributed by atoms with van der Waals surface area (Å²) in [6.45, 7) is 14.2. The van der Waals surface area contributed by atoms with E-state index in [9.17, 15) is 0 Å². The van der Waals surface area contributed by atoms with Gasteiger partial charge < -0.3 is 4.90 Å². The molecule has 0 unspecified atom stereocenters. The van der Waals surface area contributed by atoms with Crippen molar-refractivity contribution in [2.45, 2.75) is 57.8 Å². The molecule has 3 aliphatic rings. The average Bonchev–Trinajstić information content (AvgIpc) is 3.82.